The van der Waals surface area contributed by atoms with Gasteiger partial charge >= 0.3 is 5.97 Å². The molecule has 0 aromatic heterocycles. The number of esters is 1. The van der Waals surface area contributed by atoms with Gasteiger partial charge in [0.25, 0.3) is 0 Å². The molecule has 2 N–H and O–H groups in total. The van der Waals surface area contributed by atoms with Gasteiger partial charge in [0.15, 0.2) is 11.5 Å². The van der Waals surface area contributed by atoms with Gasteiger partial charge in [-0.05, 0) is 24.6 Å². The van der Waals surface area contributed by atoms with Gasteiger partial charge in [0.1, 0.15) is 6.10 Å². The van der Waals surface area contributed by atoms with Crippen LogP contribution >= 0.6 is 0 Å². The highest BCUT2D eigenvalue weighted by Gasteiger charge is 2.32. The molecule has 22 heavy (non-hydrogen) atoms. The summed E-state index contributed by atoms with van der Waals surface area (Å²) < 4.78 is 10.5. The van der Waals surface area contributed by atoms with Crippen molar-refractivity contribution in [2.24, 2.45) is 0 Å². The van der Waals surface area contributed by atoms with Crippen LogP contribution < -0.4 is 4.74 Å². The zero-order chi connectivity index (χ0) is 15.9. The SMILES string of the molecule is CCOC(=O)[C@@H](Oc1ccccc1O)[C@H](O)c1ccccc1. The van der Waals surface area contributed by atoms with Crippen LogP contribution in [0.1, 0.15) is 18.6 Å². The highest BCUT2D eigenvalue weighted by molar-refractivity contribution is 5.76. The molecular weight excluding hydrogens is 284 g/mol. The van der Waals surface area contributed by atoms with Crippen LogP contribution in [-0.2, 0) is 9.53 Å². The number of carbonyl (C=O) groups excluding carboxylic acids is 1. The van der Waals surface area contributed by atoms with E-state index in [1.807, 2.05) is 0 Å². The topological polar surface area (TPSA) is 76.0 Å². The summed E-state index contributed by atoms with van der Waals surface area (Å²) in [7, 11) is 0. The first-order chi connectivity index (χ1) is 10.6. The summed E-state index contributed by atoms with van der Waals surface area (Å²) in [6.07, 6.45) is -2.48. The predicted octanol–water partition coefficient (Wildman–Crippen LogP) is 2.44. The Kier molecular flexibility index (Phi) is 5.38. The summed E-state index contributed by atoms with van der Waals surface area (Å²) in [5.74, 6) is -0.699. The molecule has 0 fully saturated rings. The monoisotopic (exact) mass is 302 g/mol. The first kappa shape index (κ1) is 15.9. The van der Waals surface area contributed by atoms with Crippen LogP contribution in [0.5, 0.6) is 11.5 Å². The fraction of sp³-hybridized carbons (Fsp3) is 0.235. The van der Waals surface area contributed by atoms with Gasteiger partial charge in [-0.1, -0.05) is 42.5 Å². The number of aliphatic hydroxyl groups excluding tert-OH is 1. The van der Waals surface area contributed by atoms with Crippen molar-refractivity contribution in [3.05, 3.63) is 60.2 Å². The van der Waals surface area contributed by atoms with Gasteiger partial charge in [0, 0.05) is 0 Å². The number of hydrogen-bond donors (Lipinski definition) is 2. The summed E-state index contributed by atoms with van der Waals surface area (Å²) in [6.45, 7) is 1.84. The molecule has 0 saturated carbocycles. The maximum Gasteiger partial charge on any atom is 0.350 e. The van der Waals surface area contributed by atoms with E-state index in [2.05, 4.69) is 0 Å². The number of aliphatic hydroxyl groups is 1. The van der Waals surface area contributed by atoms with E-state index in [0.717, 1.165) is 0 Å². The van der Waals surface area contributed by atoms with Crippen LogP contribution in [0.25, 0.3) is 0 Å². The van der Waals surface area contributed by atoms with Gasteiger partial charge < -0.3 is 19.7 Å². The molecular formula is C17H18O5. The van der Waals surface area contributed by atoms with Crippen LogP contribution in [0.15, 0.2) is 54.6 Å². The second-order valence-electron chi connectivity index (χ2n) is 4.61. The Balaban J connectivity index is 2.27. The van der Waals surface area contributed by atoms with Crippen molar-refractivity contribution in [2.45, 2.75) is 19.1 Å². The Morgan fingerprint density at radius 2 is 1.73 bits per heavy atom. The van der Waals surface area contributed by atoms with E-state index < -0.39 is 18.2 Å². The lowest BCUT2D eigenvalue weighted by molar-refractivity contribution is -0.157. The van der Waals surface area contributed by atoms with Crippen molar-refractivity contribution in [3.8, 4) is 11.5 Å². The van der Waals surface area contributed by atoms with E-state index in [1.54, 1.807) is 49.4 Å². The molecule has 0 aliphatic heterocycles. The third-order valence-electron chi connectivity index (χ3n) is 3.07. The van der Waals surface area contributed by atoms with Gasteiger partial charge in [-0.15, -0.1) is 0 Å². The molecule has 116 valence electrons. The highest BCUT2D eigenvalue weighted by atomic mass is 16.6. The van der Waals surface area contributed by atoms with Crippen LogP contribution in [0.3, 0.4) is 0 Å². The second kappa shape index (κ2) is 7.47. The molecule has 0 radical (unpaired) electrons. The average molecular weight is 302 g/mol. The van der Waals surface area contributed by atoms with E-state index in [1.165, 1.54) is 12.1 Å². The largest absolute Gasteiger partial charge is 0.504 e. The lowest BCUT2D eigenvalue weighted by Gasteiger charge is -2.23. The Morgan fingerprint density at radius 1 is 1.09 bits per heavy atom. The molecule has 2 atom stereocenters. The predicted molar refractivity (Wildman–Crippen MR) is 80.6 cm³/mol. The minimum atomic E-state index is -1.27. The molecule has 0 aliphatic rings. The fourth-order valence-electron chi connectivity index (χ4n) is 1.98. The molecule has 2 rings (SSSR count). The number of benzene rings is 2. The number of aromatic hydroxyl groups is 1. The van der Waals surface area contributed by atoms with Crippen LogP contribution in [-0.4, -0.2) is 28.9 Å². The standard InChI is InChI=1S/C17H18O5/c1-2-21-17(20)16(15(19)12-8-4-3-5-9-12)22-14-11-7-6-10-13(14)18/h3-11,15-16,18-19H,2H2,1H3/t15-,16+/m1/s1. The highest BCUT2D eigenvalue weighted by Crippen LogP contribution is 2.29. The molecule has 0 heterocycles. The van der Waals surface area contributed by atoms with E-state index in [9.17, 15) is 15.0 Å². The van der Waals surface area contributed by atoms with Gasteiger partial charge in [-0.25, -0.2) is 4.79 Å². The van der Waals surface area contributed by atoms with Gasteiger partial charge in [-0.2, -0.15) is 0 Å². The van der Waals surface area contributed by atoms with Crippen molar-refractivity contribution < 1.29 is 24.5 Å². The molecule has 0 aliphatic carbocycles. The summed E-state index contributed by atoms with van der Waals surface area (Å²) in [5.41, 5.74) is 0.524. The lowest BCUT2D eigenvalue weighted by atomic mass is 10.0. The number of ether oxygens (including phenoxy) is 2. The Morgan fingerprint density at radius 3 is 2.36 bits per heavy atom. The first-order valence-electron chi connectivity index (χ1n) is 6.97. The molecule has 0 spiro atoms. The maximum atomic E-state index is 12.1. The molecule has 0 bridgehead atoms. The number of phenols is 1. The lowest BCUT2D eigenvalue weighted by Crippen LogP contribution is -2.35. The molecule has 5 heteroatoms. The zero-order valence-corrected chi connectivity index (χ0v) is 12.2. The summed E-state index contributed by atoms with van der Waals surface area (Å²) in [4.78, 5) is 12.1. The van der Waals surface area contributed by atoms with Crippen molar-refractivity contribution in [1.82, 2.24) is 0 Å². The zero-order valence-electron chi connectivity index (χ0n) is 12.2. The van der Waals surface area contributed by atoms with Gasteiger partial charge in [0.05, 0.1) is 6.61 Å². The fourth-order valence-corrected chi connectivity index (χ4v) is 1.98. The summed E-state index contributed by atoms with van der Waals surface area (Å²) in [5, 5.41) is 20.2. The summed E-state index contributed by atoms with van der Waals surface area (Å²) >= 11 is 0. The van der Waals surface area contributed by atoms with Crippen LogP contribution in [0, 0.1) is 0 Å². The number of rotatable bonds is 6. The van der Waals surface area contributed by atoms with E-state index in [0.29, 0.717) is 5.56 Å². The third-order valence-corrected chi connectivity index (χ3v) is 3.07. The van der Waals surface area contributed by atoms with E-state index in [-0.39, 0.29) is 18.1 Å². The van der Waals surface area contributed by atoms with Gasteiger partial charge in [0.2, 0.25) is 6.10 Å². The minimum absolute atomic E-state index is 0.107. The Bertz CT molecular complexity index is 611. The van der Waals surface area contributed by atoms with Crippen molar-refractivity contribution in [3.63, 3.8) is 0 Å². The number of para-hydroxylation sites is 2. The molecule has 0 unspecified atom stereocenters. The number of phenolic OH excluding ortho intramolecular Hbond substituents is 1. The van der Waals surface area contributed by atoms with E-state index >= 15 is 0 Å². The molecule has 5 nitrogen and oxygen atoms in total. The van der Waals surface area contributed by atoms with Crippen molar-refractivity contribution in [1.29, 1.82) is 0 Å². The number of hydrogen-bond acceptors (Lipinski definition) is 5. The molecule has 0 amide bonds. The molecule has 2 aromatic rings. The van der Waals surface area contributed by atoms with Crippen molar-refractivity contribution >= 4 is 5.97 Å². The Hall–Kier alpha value is -2.53. The minimum Gasteiger partial charge on any atom is -0.504 e. The van der Waals surface area contributed by atoms with Gasteiger partial charge in [-0.3, -0.25) is 0 Å². The third kappa shape index (κ3) is 3.77. The second-order valence-corrected chi connectivity index (χ2v) is 4.61. The Labute approximate surface area is 128 Å². The maximum absolute atomic E-state index is 12.1. The van der Waals surface area contributed by atoms with Crippen LogP contribution in [0.4, 0.5) is 0 Å². The summed E-state index contributed by atoms with van der Waals surface area (Å²) in [6, 6.07) is 14.9. The average Bonchev–Trinajstić information content (AvgIpc) is 2.54. The molecule has 0 saturated heterocycles. The quantitative estimate of drug-likeness (QED) is 0.802. The normalized spacial score (nSPS) is 13.2. The van der Waals surface area contributed by atoms with E-state index in [4.69, 9.17) is 9.47 Å². The smallest absolute Gasteiger partial charge is 0.350 e. The number of carbonyl (C=O) groups is 1. The molecule has 2 aromatic carbocycles. The first-order valence-corrected chi connectivity index (χ1v) is 6.97. The van der Waals surface area contributed by atoms with Crippen molar-refractivity contribution in [2.75, 3.05) is 6.61 Å². The van der Waals surface area contributed by atoms with Crippen LogP contribution in [0.2, 0.25) is 0 Å².